The summed E-state index contributed by atoms with van der Waals surface area (Å²) in [6.45, 7) is 7.25. The molecule has 0 aromatic carbocycles. The van der Waals surface area contributed by atoms with Crippen LogP contribution < -0.4 is 0 Å². The van der Waals surface area contributed by atoms with Crippen molar-refractivity contribution in [1.29, 1.82) is 0 Å². The summed E-state index contributed by atoms with van der Waals surface area (Å²) in [5.74, 6) is 0.879. The summed E-state index contributed by atoms with van der Waals surface area (Å²) in [6, 6.07) is 5.18. The first-order chi connectivity index (χ1) is 13.7. The molecule has 1 N–H and O–H groups in total. The minimum Gasteiger partial charge on any atom is -0.341 e. The zero-order chi connectivity index (χ0) is 20.8. The minimum absolute atomic E-state index is 0.0556. The predicted octanol–water partition coefficient (Wildman–Crippen LogP) is 4.93. The number of likely N-dealkylation sites (tertiary alicyclic amines) is 1. The van der Waals surface area contributed by atoms with Crippen LogP contribution in [-0.2, 0) is 6.18 Å². The van der Waals surface area contributed by atoms with Gasteiger partial charge in [0.1, 0.15) is 11.5 Å². The number of fused-ring (bicyclic) bond motifs is 1. The number of aryl methyl sites for hydroxylation is 2. The third kappa shape index (κ3) is 4.12. The first-order valence-corrected chi connectivity index (χ1v) is 9.83. The standard InChI is InChI=1S/C21H24F3N5/c1-12-7-16(9-19(26-12)21(22,23)24)15-5-4-6-29(11-15)13(2)17-8-18-20(25-10-17)28-14(3)27-18/h7-10,13,15H,4-6,11H2,1-3H3,(H,25,27,28). The molecule has 0 spiro atoms. The summed E-state index contributed by atoms with van der Waals surface area (Å²) >= 11 is 0. The first kappa shape index (κ1) is 19.8. The average Bonchev–Trinajstić information content (AvgIpc) is 3.05. The molecule has 0 saturated carbocycles. The van der Waals surface area contributed by atoms with E-state index in [0.717, 1.165) is 41.9 Å². The summed E-state index contributed by atoms with van der Waals surface area (Å²) in [5, 5.41) is 0. The van der Waals surface area contributed by atoms with Gasteiger partial charge in [-0.3, -0.25) is 4.90 Å². The van der Waals surface area contributed by atoms with Crippen LogP contribution in [0.25, 0.3) is 11.2 Å². The molecule has 3 aromatic rings. The van der Waals surface area contributed by atoms with Gasteiger partial charge in [-0.2, -0.15) is 13.2 Å². The van der Waals surface area contributed by atoms with Gasteiger partial charge in [0, 0.05) is 24.5 Å². The molecule has 3 aromatic heterocycles. The van der Waals surface area contributed by atoms with Crippen molar-refractivity contribution in [3.8, 4) is 0 Å². The second kappa shape index (κ2) is 7.40. The van der Waals surface area contributed by atoms with Gasteiger partial charge in [-0.25, -0.2) is 15.0 Å². The van der Waals surface area contributed by atoms with E-state index in [1.165, 1.54) is 6.07 Å². The zero-order valence-electron chi connectivity index (χ0n) is 16.7. The highest BCUT2D eigenvalue weighted by Gasteiger charge is 2.34. The monoisotopic (exact) mass is 403 g/mol. The number of halogens is 3. The SMILES string of the molecule is Cc1cc(C2CCCN(C(C)c3cnc4nc(C)[nH]c4c3)C2)cc(C(F)(F)F)n1. The molecule has 4 heterocycles. The Morgan fingerprint density at radius 1 is 1.17 bits per heavy atom. The lowest BCUT2D eigenvalue weighted by Gasteiger charge is -2.37. The molecule has 29 heavy (non-hydrogen) atoms. The van der Waals surface area contributed by atoms with Crippen molar-refractivity contribution in [2.24, 2.45) is 0 Å². The molecule has 154 valence electrons. The van der Waals surface area contributed by atoms with E-state index < -0.39 is 11.9 Å². The normalized spacial score (nSPS) is 19.6. The van der Waals surface area contributed by atoms with Gasteiger partial charge in [0.15, 0.2) is 5.65 Å². The van der Waals surface area contributed by atoms with Gasteiger partial charge in [0.2, 0.25) is 0 Å². The molecule has 4 rings (SSSR count). The Morgan fingerprint density at radius 2 is 1.97 bits per heavy atom. The first-order valence-electron chi connectivity index (χ1n) is 9.83. The molecule has 0 amide bonds. The fourth-order valence-electron chi connectivity index (χ4n) is 4.18. The van der Waals surface area contributed by atoms with E-state index >= 15 is 0 Å². The van der Waals surface area contributed by atoms with Gasteiger partial charge in [0.25, 0.3) is 0 Å². The topological polar surface area (TPSA) is 57.7 Å². The summed E-state index contributed by atoms with van der Waals surface area (Å²) < 4.78 is 39.5. The Labute approximate surface area is 167 Å². The van der Waals surface area contributed by atoms with Crippen molar-refractivity contribution < 1.29 is 13.2 Å². The number of hydrogen-bond acceptors (Lipinski definition) is 4. The lowest BCUT2D eigenvalue weighted by molar-refractivity contribution is -0.141. The minimum atomic E-state index is -4.42. The highest BCUT2D eigenvalue weighted by Crippen LogP contribution is 2.35. The number of aromatic amines is 1. The van der Waals surface area contributed by atoms with Crippen LogP contribution in [0.2, 0.25) is 0 Å². The smallest absolute Gasteiger partial charge is 0.341 e. The van der Waals surface area contributed by atoms with Crippen LogP contribution in [0.4, 0.5) is 13.2 Å². The molecule has 5 nitrogen and oxygen atoms in total. The molecular weight excluding hydrogens is 379 g/mol. The Kier molecular flexibility index (Phi) is 5.06. The van der Waals surface area contributed by atoms with E-state index in [4.69, 9.17) is 0 Å². The van der Waals surface area contributed by atoms with Crippen LogP contribution in [0, 0.1) is 13.8 Å². The van der Waals surface area contributed by atoms with Crippen LogP contribution in [0.15, 0.2) is 24.4 Å². The number of H-pyrrole nitrogens is 1. The van der Waals surface area contributed by atoms with Gasteiger partial charge in [-0.15, -0.1) is 0 Å². The lowest BCUT2D eigenvalue weighted by Crippen LogP contribution is -2.36. The van der Waals surface area contributed by atoms with Crippen molar-refractivity contribution in [2.45, 2.75) is 51.7 Å². The number of piperidine rings is 1. The molecule has 0 radical (unpaired) electrons. The molecule has 1 aliphatic heterocycles. The highest BCUT2D eigenvalue weighted by molar-refractivity contribution is 5.71. The number of imidazole rings is 1. The van der Waals surface area contributed by atoms with Crippen LogP contribution >= 0.6 is 0 Å². The lowest BCUT2D eigenvalue weighted by atomic mass is 9.89. The number of hydrogen-bond donors (Lipinski definition) is 1. The van der Waals surface area contributed by atoms with E-state index in [1.807, 2.05) is 13.1 Å². The van der Waals surface area contributed by atoms with E-state index in [2.05, 4.69) is 37.8 Å². The fourth-order valence-corrected chi connectivity index (χ4v) is 4.18. The fraction of sp³-hybridized carbons (Fsp3) is 0.476. The molecular formula is C21H24F3N5. The van der Waals surface area contributed by atoms with Crippen molar-refractivity contribution in [2.75, 3.05) is 13.1 Å². The Bertz CT molecular complexity index is 1030. The number of alkyl halides is 3. The maximum Gasteiger partial charge on any atom is 0.433 e. The molecule has 0 aliphatic carbocycles. The Hall–Kier alpha value is -2.48. The summed E-state index contributed by atoms with van der Waals surface area (Å²) in [7, 11) is 0. The van der Waals surface area contributed by atoms with Gasteiger partial charge in [-0.05, 0) is 75.4 Å². The van der Waals surface area contributed by atoms with Crippen LogP contribution in [0.3, 0.4) is 0 Å². The Balaban J connectivity index is 1.57. The second-order valence-electron chi connectivity index (χ2n) is 7.90. The number of nitrogens with zero attached hydrogens (tertiary/aromatic N) is 4. The van der Waals surface area contributed by atoms with Crippen molar-refractivity contribution in [3.63, 3.8) is 0 Å². The Morgan fingerprint density at radius 3 is 2.72 bits per heavy atom. The number of rotatable bonds is 3. The molecule has 8 heteroatoms. The van der Waals surface area contributed by atoms with Crippen molar-refractivity contribution in [3.05, 3.63) is 52.7 Å². The number of aromatic nitrogens is 4. The highest BCUT2D eigenvalue weighted by atomic mass is 19.4. The van der Waals surface area contributed by atoms with Crippen LogP contribution in [0.5, 0.6) is 0 Å². The molecule has 1 fully saturated rings. The molecule has 1 aliphatic rings. The van der Waals surface area contributed by atoms with E-state index in [-0.39, 0.29) is 12.0 Å². The third-order valence-electron chi connectivity index (χ3n) is 5.70. The number of nitrogens with one attached hydrogen (secondary N) is 1. The summed E-state index contributed by atoms with van der Waals surface area (Å²) in [5.41, 5.74) is 3.00. The van der Waals surface area contributed by atoms with E-state index in [9.17, 15) is 13.2 Å². The van der Waals surface area contributed by atoms with Crippen LogP contribution in [0.1, 0.15) is 60.1 Å². The molecule has 1 saturated heterocycles. The van der Waals surface area contributed by atoms with Crippen molar-refractivity contribution >= 4 is 11.2 Å². The summed E-state index contributed by atoms with van der Waals surface area (Å²) in [6.07, 6.45) is -0.765. The third-order valence-corrected chi connectivity index (χ3v) is 5.70. The molecule has 2 unspecified atom stereocenters. The second-order valence-corrected chi connectivity index (χ2v) is 7.90. The van der Waals surface area contributed by atoms with E-state index in [1.54, 1.807) is 13.0 Å². The molecule has 2 atom stereocenters. The largest absolute Gasteiger partial charge is 0.433 e. The molecule has 0 bridgehead atoms. The average molecular weight is 403 g/mol. The van der Waals surface area contributed by atoms with Gasteiger partial charge >= 0.3 is 6.18 Å². The van der Waals surface area contributed by atoms with Crippen molar-refractivity contribution in [1.82, 2.24) is 24.8 Å². The van der Waals surface area contributed by atoms with Crippen LogP contribution in [-0.4, -0.2) is 37.9 Å². The predicted molar refractivity (Wildman–Crippen MR) is 105 cm³/mol. The quantitative estimate of drug-likeness (QED) is 0.674. The maximum absolute atomic E-state index is 13.2. The van der Waals surface area contributed by atoms with Gasteiger partial charge in [-0.1, -0.05) is 0 Å². The number of pyridine rings is 2. The van der Waals surface area contributed by atoms with Gasteiger partial charge in [0.05, 0.1) is 5.52 Å². The van der Waals surface area contributed by atoms with E-state index in [0.29, 0.717) is 17.9 Å². The maximum atomic E-state index is 13.2. The summed E-state index contributed by atoms with van der Waals surface area (Å²) in [4.78, 5) is 18.0. The van der Waals surface area contributed by atoms with Gasteiger partial charge < -0.3 is 4.98 Å². The zero-order valence-corrected chi connectivity index (χ0v) is 16.7.